The number of aromatic nitrogens is 1. The predicted octanol–water partition coefficient (Wildman–Crippen LogP) is 2.66. The van der Waals surface area contributed by atoms with Gasteiger partial charge in [-0.15, -0.1) is 0 Å². The standard InChI is InChI=1S/C16H14F4N2O2/c1-21(8-11-4-2-3-5-13(11)17)15(24)10-22-9-12(16(18,19)20)6-7-14(22)23/h2-7,9H,8,10H2,1H3. The minimum absolute atomic E-state index is 0.0563. The van der Waals surface area contributed by atoms with E-state index in [0.29, 0.717) is 16.8 Å². The van der Waals surface area contributed by atoms with E-state index in [2.05, 4.69) is 0 Å². The van der Waals surface area contributed by atoms with Crippen LogP contribution in [0.3, 0.4) is 0 Å². The van der Waals surface area contributed by atoms with Gasteiger partial charge in [0.2, 0.25) is 5.91 Å². The number of carbonyl (C=O) groups is 1. The van der Waals surface area contributed by atoms with Crippen LogP contribution >= 0.6 is 0 Å². The van der Waals surface area contributed by atoms with E-state index in [1.165, 1.54) is 25.2 Å². The molecular weight excluding hydrogens is 328 g/mol. The molecular formula is C16H14F4N2O2. The van der Waals surface area contributed by atoms with Crippen molar-refractivity contribution in [3.8, 4) is 0 Å². The van der Waals surface area contributed by atoms with Crippen molar-refractivity contribution in [1.82, 2.24) is 9.47 Å². The number of carbonyl (C=O) groups excluding carboxylic acids is 1. The van der Waals surface area contributed by atoms with Crippen molar-refractivity contribution in [3.63, 3.8) is 0 Å². The molecule has 4 nitrogen and oxygen atoms in total. The largest absolute Gasteiger partial charge is 0.417 e. The van der Waals surface area contributed by atoms with Crippen molar-refractivity contribution < 1.29 is 22.4 Å². The Morgan fingerprint density at radius 1 is 1.17 bits per heavy atom. The van der Waals surface area contributed by atoms with Gasteiger partial charge in [0.25, 0.3) is 5.56 Å². The van der Waals surface area contributed by atoms with Gasteiger partial charge in [-0.1, -0.05) is 18.2 Å². The molecule has 0 bridgehead atoms. The second-order valence-corrected chi connectivity index (χ2v) is 5.22. The molecule has 0 saturated carbocycles. The summed E-state index contributed by atoms with van der Waals surface area (Å²) < 4.78 is 52.3. The van der Waals surface area contributed by atoms with Crippen LogP contribution in [0.1, 0.15) is 11.1 Å². The smallest absolute Gasteiger partial charge is 0.340 e. The maximum absolute atomic E-state index is 13.6. The Labute approximate surface area is 134 Å². The van der Waals surface area contributed by atoms with Crippen LogP contribution in [0.4, 0.5) is 17.6 Å². The number of alkyl halides is 3. The first-order valence-electron chi connectivity index (χ1n) is 6.93. The normalized spacial score (nSPS) is 11.4. The Kier molecular flexibility index (Phi) is 5.06. The maximum Gasteiger partial charge on any atom is 0.417 e. The van der Waals surface area contributed by atoms with Gasteiger partial charge in [0, 0.05) is 31.4 Å². The van der Waals surface area contributed by atoms with E-state index in [1.807, 2.05) is 0 Å². The first-order chi connectivity index (χ1) is 11.2. The Balaban J connectivity index is 2.14. The summed E-state index contributed by atoms with van der Waals surface area (Å²) in [6, 6.07) is 7.26. The van der Waals surface area contributed by atoms with Gasteiger partial charge in [-0.2, -0.15) is 13.2 Å². The lowest BCUT2D eigenvalue weighted by Crippen LogP contribution is -2.34. The molecule has 0 spiro atoms. The summed E-state index contributed by atoms with van der Waals surface area (Å²) in [4.78, 5) is 24.9. The summed E-state index contributed by atoms with van der Waals surface area (Å²) in [7, 11) is 1.38. The molecule has 128 valence electrons. The van der Waals surface area contributed by atoms with Crippen molar-refractivity contribution in [2.45, 2.75) is 19.3 Å². The molecule has 0 unspecified atom stereocenters. The van der Waals surface area contributed by atoms with Crippen LogP contribution in [0.2, 0.25) is 0 Å². The fraction of sp³-hybridized carbons (Fsp3) is 0.250. The molecule has 0 fully saturated rings. The van der Waals surface area contributed by atoms with Crippen molar-refractivity contribution in [3.05, 3.63) is 69.9 Å². The average molecular weight is 342 g/mol. The molecule has 0 N–H and O–H groups in total. The molecule has 0 aliphatic carbocycles. The maximum atomic E-state index is 13.6. The van der Waals surface area contributed by atoms with Gasteiger partial charge >= 0.3 is 6.18 Å². The van der Waals surface area contributed by atoms with Crippen molar-refractivity contribution in [2.24, 2.45) is 0 Å². The summed E-state index contributed by atoms with van der Waals surface area (Å²) in [5.41, 5.74) is -1.48. The molecule has 2 rings (SSSR count). The molecule has 1 heterocycles. The van der Waals surface area contributed by atoms with E-state index < -0.39 is 35.6 Å². The number of hydrogen-bond acceptors (Lipinski definition) is 2. The summed E-state index contributed by atoms with van der Waals surface area (Å²) >= 11 is 0. The number of amides is 1. The van der Waals surface area contributed by atoms with Crippen molar-refractivity contribution in [1.29, 1.82) is 0 Å². The van der Waals surface area contributed by atoms with E-state index in [4.69, 9.17) is 0 Å². The SMILES string of the molecule is CN(Cc1ccccc1F)C(=O)Cn1cc(C(F)(F)F)ccc1=O. The molecule has 0 radical (unpaired) electrons. The molecule has 1 amide bonds. The number of hydrogen-bond donors (Lipinski definition) is 0. The van der Waals surface area contributed by atoms with E-state index in [0.717, 1.165) is 11.0 Å². The molecule has 0 aliphatic rings. The molecule has 1 aromatic heterocycles. The van der Waals surface area contributed by atoms with E-state index >= 15 is 0 Å². The molecule has 1 aromatic carbocycles. The molecule has 0 saturated heterocycles. The summed E-state index contributed by atoms with van der Waals surface area (Å²) in [6.45, 7) is -0.618. The molecule has 0 aliphatic heterocycles. The lowest BCUT2D eigenvalue weighted by molar-refractivity contribution is -0.138. The third kappa shape index (κ3) is 4.21. The highest BCUT2D eigenvalue weighted by Crippen LogP contribution is 2.28. The fourth-order valence-corrected chi connectivity index (χ4v) is 2.06. The Hall–Kier alpha value is -2.64. The molecule has 24 heavy (non-hydrogen) atoms. The van der Waals surface area contributed by atoms with Gasteiger partial charge in [-0.25, -0.2) is 4.39 Å². The lowest BCUT2D eigenvalue weighted by atomic mass is 10.2. The minimum Gasteiger partial charge on any atom is -0.340 e. The summed E-state index contributed by atoms with van der Waals surface area (Å²) in [5.74, 6) is -1.10. The van der Waals surface area contributed by atoms with Gasteiger partial charge < -0.3 is 9.47 Å². The second kappa shape index (κ2) is 6.86. The lowest BCUT2D eigenvalue weighted by Gasteiger charge is -2.18. The van der Waals surface area contributed by atoms with Gasteiger partial charge in [-0.3, -0.25) is 9.59 Å². The van der Waals surface area contributed by atoms with Gasteiger partial charge in [-0.05, 0) is 12.1 Å². The number of benzene rings is 1. The van der Waals surface area contributed by atoms with Crippen LogP contribution in [-0.4, -0.2) is 22.4 Å². The Morgan fingerprint density at radius 2 is 1.83 bits per heavy atom. The number of pyridine rings is 1. The highest BCUT2D eigenvalue weighted by molar-refractivity contribution is 5.75. The quantitative estimate of drug-likeness (QED) is 0.802. The molecule has 0 atom stereocenters. The predicted molar refractivity (Wildman–Crippen MR) is 78.6 cm³/mol. The zero-order chi connectivity index (χ0) is 17.9. The van der Waals surface area contributed by atoms with Crippen LogP contribution in [0.15, 0.2) is 47.4 Å². The van der Waals surface area contributed by atoms with Crippen LogP contribution in [0.5, 0.6) is 0 Å². The summed E-state index contributed by atoms with van der Waals surface area (Å²) in [6.07, 6.45) is -4.02. The highest BCUT2D eigenvalue weighted by atomic mass is 19.4. The Bertz CT molecular complexity index is 799. The number of likely N-dealkylation sites (N-methyl/N-ethyl adjacent to an activating group) is 1. The number of nitrogens with zero attached hydrogens (tertiary/aromatic N) is 2. The summed E-state index contributed by atoms with van der Waals surface area (Å²) in [5, 5.41) is 0. The molecule has 8 heteroatoms. The van der Waals surface area contributed by atoms with E-state index in [9.17, 15) is 27.2 Å². The fourth-order valence-electron chi connectivity index (χ4n) is 2.06. The number of rotatable bonds is 4. The minimum atomic E-state index is -4.61. The average Bonchev–Trinajstić information content (AvgIpc) is 2.50. The van der Waals surface area contributed by atoms with E-state index in [-0.39, 0.29) is 12.1 Å². The van der Waals surface area contributed by atoms with Crippen molar-refractivity contribution in [2.75, 3.05) is 7.05 Å². The zero-order valence-corrected chi connectivity index (χ0v) is 12.7. The van der Waals surface area contributed by atoms with Gasteiger partial charge in [0.1, 0.15) is 12.4 Å². The van der Waals surface area contributed by atoms with Gasteiger partial charge in [0.15, 0.2) is 0 Å². The third-order valence-electron chi connectivity index (χ3n) is 3.41. The van der Waals surface area contributed by atoms with Crippen LogP contribution < -0.4 is 5.56 Å². The third-order valence-corrected chi connectivity index (χ3v) is 3.41. The first kappa shape index (κ1) is 17.7. The Morgan fingerprint density at radius 3 is 2.46 bits per heavy atom. The monoisotopic (exact) mass is 342 g/mol. The van der Waals surface area contributed by atoms with Gasteiger partial charge in [0.05, 0.1) is 5.56 Å². The van der Waals surface area contributed by atoms with Crippen molar-refractivity contribution >= 4 is 5.91 Å². The van der Waals surface area contributed by atoms with Crippen LogP contribution in [-0.2, 0) is 24.1 Å². The molecule has 2 aromatic rings. The highest BCUT2D eigenvalue weighted by Gasteiger charge is 2.31. The number of halogens is 4. The van der Waals surface area contributed by atoms with Crippen LogP contribution in [0, 0.1) is 5.82 Å². The first-order valence-corrected chi connectivity index (χ1v) is 6.93. The zero-order valence-electron chi connectivity index (χ0n) is 12.7. The van der Waals surface area contributed by atoms with E-state index in [1.54, 1.807) is 6.07 Å². The second-order valence-electron chi connectivity index (χ2n) is 5.22. The topological polar surface area (TPSA) is 42.3 Å². The van der Waals surface area contributed by atoms with Crippen LogP contribution in [0.25, 0.3) is 0 Å².